The Morgan fingerprint density at radius 1 is 0.947 bits per heavy atom. The molecule has 0 aliphatic carbocycles. The van der Waals surface area contributed by atoms with Gasteiger partial charge in [-0.05, 0) is 32.5 Å². The maximum Gasteiger partial charge on any atom is 0.514 e. The van der Waals surface area contributed by atoms with E-state index in [2.05, 4.69) is 18.9 Å². The van der Waals surface area contributed by atoms with Crippen LogP contribution in [0.15, 0.2) is 11.2 Å². The van der Waals surface area contributed by atoms with Gasteiger partial charge in [0.05, 0.1) is 19.8 Å². The van der Waals surface area contributed by atoms with Crippen LogP contribution in [-0.2, 0) is 23.7 Å². The monoisotopic (exact) mass is 292 g/mol. The number of ether oxygens (including phenoxy) is 4. The summed E-state index contributed by atoms with van der Waals surface area (Å²) in [5.74, 6) is -1.30. The minimum Gasteiger partial charge on any atom is -0.460 e. The number of hydrogen-bond acceptors (Lipinski definition) is 8. The lowest BCUT2D eigenvalue weighted by molar-refractivity contribution is -0.142. The van der Waals surface area contributed by atoms with Gasteiger partial charge in [0.15, 0.2) is 0 Å². The van der Waals surface area contributed by atoms with Gasteiger partial charge in [-0.3, -0.25) is 0 Å². The fourth-order valence-electron chi connectivity index (χ4n) is 0.807. The highest BCUT2D eigenvalue weighted by Crippen LogP contribution is 2.14. The molecule has 0 N–H and O–H groups in total. The quantitative estimate of drug-likeness (QED) is 0.319. The Kier molecular flexibility index (Phi) is 9.33. The minimum absolute atomic E-state index is 0.0972. The van der Waals surface area contributed by atoms with Gasteiger partial charge in [0.1, 0.15) is 0 Å². The molecule has 0 saturated heterocycles. The van der Waals surface area contributed by atoms with Gasteiger partial charge in [0.2, 0.25) is 5.76 Å². The predicted octanol–water partition coefficient (Wildman–Crippen LogP) is 2.45. The fourth-order valence-corrected chi connectivity index (χ4v) is 1.34. The third-order valence-electron chi connectivity index (χ3n) is 1.46. The van der Waals surface area contributed by atoms with Crippen LogP contribution in [-0.4, -0.2) is 37.2 Å². The van der Waals surface area contributed by atoms with Crippen LogP contribution >= 0.6 is 11.8 Å². The summed E-state index contributed by atoms with van der Waals surface area (Å²) in [5.41, 5.74) is 0. The first-order valence-corrected chi connectivity index (χ1v) is 6.48. The third-order valence-corrected chi connectivity index (χ3v) is 2.10. The summed E-state index contributed by atoms with van der Waals surface area (Å²) in [6.07, 6.45) is -1.05. The van der Waals surface area contributed by atoms with Crippen molar-refractivity contribution in [2.45, 2.75) is 20.8 Å². The first kappa shape index (κ1) is 17.3. The third kappa shape index (κ3) is 8.09. The van der Waals surface area contributed by atoms with Crippen LogP contribution in [0.2, 0.25) is 0 Å². The maximum atomic E-state index is 11.5. The SMILES string of the molecule is CCOC(=O)OC(=CSC(=O)OCC)C(=O)OCC. The molecule has 0 atom stereocenters. The van der Waals surface area contributed by atoms with Crippen molar-refractivity contribution in [3.63, 3.8) is 0 Å². The number of carbonyl (C=O) groups excluding carboxylic acids is 3. The summed E-state index contributed by atoms with van der Waals surface area (Å²) < 4.78 is 18.5. The van der Waals surface area contributed by atoms with Crippen molar-refractivity contribution in [2.75, 3.05) is 19.8 Å². The van der Waals surface area contributed by atoms with E-state index in [0.717, 1.165) is 5.41 Å². The Morgan fingerprint density at radius 2 is 1.53 bits per heavy atom. The average molecular weight is 292 g/mol. The molecule has 0 rings (SSSR count). The van der Waals surface area contributed by atoms with Crippen molar-refractivity contribution in [1.82, 2.24) is 0 Å². The van der Waals surface area contributed by atoms with E-state index in [1.807, 2.05) is 0 Å². The zero-order valence-electron chi connectivity index (χ0n) is 11.0. The Labute approximate surface area is 115 Å². The molecule has 19 heavy (non-hydrogen) atoms. The summed E-state index contributed by atoms with van der Waals surface area (Å²) in [4.78, 5) is 33.7. The van der Waals surface area contributed by atoms with Crippen LogP contribution < -0.4 is 0 Å². The molecule has 0 saturated carbocycles. The van der Waals surface area contributed by atoms with Gasteiger partial charge in [-0.25, -0.2) is 14.4 Å². The predicted molar refractivity (Wildman–Crippen MR) is 67.4 cm³/mol. The first-order chi connectivity index (χ1) is 9.04. The molecule has 0 radical (unpaired) electrons. The van der Waals surface area contributed by atoms with Crippen molar-refractivity contribution < 1.29 is 33.3 Å². The lowest BCUT2D eigenvalue weighted by atomic mass is 10.6. The van der Waals surface area contributed by atoms with E-state index in [-0.39, 0.29) is 19.8 Å². The van der Waals surface area contributed by atoms with E-state index in [4.69, 9.17) is 0 Å². The highest BCUT2D eigenvalue weighted by Gasteiger charge is 2.18. The normalized spacial score (nSPS) is 10.6. The molecule has 0 aromatic heterocycles. The molecule has 0 fully saturated rings. The summed E-state index contributed by atoms with van der Waals surface area (Å²) in [6, 6.07) is 0. The lowest BCUT2D eigenvalue weighted by Gasteiger charge is -2.07. The molecular weight excluding hydrogens is 276 g/mol. The molecule has 0 amide bonds. The molecular formula is C11H16O7S. The van der Waals surface area contributed by atoms with Crippen LogP contribution in [0.1, 0.15) is 20.8 Å². The molecule has 0 unspecified atom stereocenters. The van der Waals surface area contributed by atoms with Crippen molar-refractivity contribution in [1.29, 1.82) is 0 Å². The van der Waals surface area contributed by atoms with Gasteiger partial charge in [-0.15, -0.1) is 0 Å². The highest BCUT2D eigenvalue weighted by atomic mass is 32.2. The Morgan fingerprint density at radius 3 is 2.05 bits per heavy atom. The Bertz CT molecular complexity index is 351. The first-order valence-electron chi connectivity index (χ1n) is 5.60. The molecule has 0 bridgehead atoms. The van der Waals surface area contributed by atoms with E-state index in [9.17, 15) is 14.4 Å². The van der Waals surface area contributed by atoms with Crippen LogP contribution in [0.5, 0.6) is 0 Å². The molecule has 108 valence electrons. The van der Waals surface area contributed by atoms with Gasteiger partial charge in [-0.2, -0.15) is 0 Å². The van der Waals surface area contributed by atoms with E-state index < -0.39 is 23.2 Å². The number of thioether (sulfide) groups is 1. The largest absolute Gasteiger partial charge is 0.514 e. The molecule has 0 aliphatic rings. The van der Waals surface area contributed by atoms with Gasteiger partial charge in [0.25, 0.3) is 0 Å². The zero-order valence-corrected chi connectivity index (χ0v) is 11.8. The number of hydrogen-bond donors (Lipinski definition) is 0. The van der Waals surface area contributed by atoms with E-state index in [0.29, 0.717) is 11.8 Å². The van der Waals surface area contributed by atoms with Crippen LogP contribution in [0.4, 0.5) is 9.59 Å². The van der Waals surface area contributed by atoms with Gasteiger partial charge in [-0.1, -0.05) is 0 Å². The van der Waals surface area contributed by atoms with Crippen molar-refractivity contribution in [3.05, 3.63) is 11.2 Å². The second-order valence-electron chi connectivity index (χ2n) is 2.79. The standard InChI is InChI=1S/C11H16O7S/c1-4-15-9(12)8(18-10(13)16-5-2)7-19-11(14)17-6-3/h7H,4-6H2,1-3H3. The molecule has 7 nitrogen and oxygen atoms in total. The smallest absolute Gasteiger partial charge is 0.460 e. The number of rotatable bonds is 6. The summed E-state index contributed by atoms with van der Waals surface area (Å²) >= 11 is 0.567. The zero-order chi connectivity index (χ0) is 14.7. The van der Waals surface area contributed by atoms with Gasteiger partial charge in [0, 0.05) is 5.41 Å². The molecule has 0 aromatic rings. The Hall–Kier alpha value is -1.70. The number of carbonyl (C=O) groups is 3. The molecule has 0 aromatic carbocycles. The average Bonchev–Trinajstić information content (AvgIpc) is 2.35. The molecule has 0 spiro atoms. The summed E-state index contributed by atoms with van der Waals surface area (Å²) in [5, 5.41) is 0.407. The van der Waals surface area contributed by atoms with Crippen molar-refractivity contribution in [3.8, 4) is 0 Å². The summed E-state index contributed by atoms with van der Waals surface area (Å²) in [7, 11) is 0. The maximum absolute atomic E-state index is 11.5. The molecule has 8 heteroatoms. The minimum atomic E-state index is -1.05. The fraction of sp³-hybridized carbons (Fsp3) is 0.545. The van der Waals surface area contributed by atoms with Gasteiger partial charge >= 0.3 is 17.4 Å². The lowest BCUT2D eigenvalue weighted by Crippen LogP contribution is -2.15. The van der Waals surface area contributed by atoms with Crippen molar-refractivity contribution >= 4 is 29.2 Å². The second kappa shape index (κ2) is 10.2. The summed E-state index contributed by atoms with van der Waals surface area (Å²) in [6.45, 7) is 5.23. The van der Waals surface area contributed by atoms with Crippen molar-refractivity contribution in [2.24, 2.45) is 0 Å². The topological polar surface area (TPSA) is 88.1 Å². The van der Waals surface area contributed by atoms with E-state index in [1.54, 1.807) is 20.8 Å². The molecule has 0 aliphatic heterocycles. The van der Waals surface area contributed by atoms with Crippen LogP contribution in [0.3, 0.4) is 0 Å². The molecule has 0 heterocycles. The van der Waals surface area contributed by atoms with Gasteiger partial charge < -0.3 is 18.9 Å². The van der Waals surface area contributed by atoms with Crippen LogP contribution in [0.25, 0.3) is 0 Å². The van der Waals surface area contributed by atoms with Crippen LogP contribution in [0, 0.1) is 0 Å². The van der Waals surface area contributed by atoms with E-state index in [1.165, 1.54) is 0 Å². The number of esters is 1. The highest BCUT2D eigenvalue weighted by molar-refractivity contribution is 8.15. The van der Waals surface area contributed by atoms with E-state index >= 15 is 0 Å². The Balaban J connectivity index is 4.65. The second-order valence-corrected chi connectivity index (χ2v) is 3.59.